The Labute approximate surface area is 376 Å². The van der Waals surface area contributed by atoms with E-state index in [1.54, 1.807) is 42.7 Å². The Balaban J connectivity index is 0.00000363. The van der Waals surface area contributed by atoms with Gasteiger partial charge >= 0.3 is 0 Å². The van der Waals surface area contributed by atoms with Crippen LogP contribution in [0.2, 0.25) is 0 Å². The molecule has 0 saturated carbocycles. The van der Waals surface area contributed by atoms with Crippen molar-refractivity contribution < 1.29 is 38.0 Å². The molecule has 2 saturated heterocycles. The maximum absolute atomic E-state index is 13.5. The summed E-state index contributed by atoms with van der Waals surface area (Å²) in [6.45, 7) is 7.10. The van der Waals surface area contributed by atoms with Gasteiger partial charge in [0.05, 0.1) is 54.0 Å². The molecule has 0 spiro atoms. The van der Waals surface area contributed by atoms with Crippen LogP contribution in [-0.2, 0) is 13.1 Å². The van der Waals surface area contributed by atoms with Crippen molar-refractivity contribution >= 4 is 36.6 Å². The molecule has 2 amide bonds. The summed E-state index contributed by atoms with van der Waals surface area (Å²) in [5.41, 5.74) is 7.02. The Morgan fingerprint density at radius 2 is 0.774 bits per heavy atom. The molecule has 2 fully saturated rings. The average Bonchev–Trinajstić information content (AvgIpc) is 3.30. The van der Waals surface area contributed by atoms with Crippen molar-refractivity contribution in [1.82, 2.24) is 24.6 Å². The number of aromatic nitrogens is 1. The quantitative estimate of drug-likeness (QED) is 0.113. The minimum atomic E-state index is 0. The third-order valence-corrected chi connectivity index (χ3v) is 11.2. The number of methoxy groups -OCH3 is 6. The molecule has 0 radical (unpaired) electrons. The zero-order valence-corrected chi connectivity index (χ0v) is 37.7. The SMILES string of the molecule is COc1cc(-c2ccc(C(=O)N3CCN(Cc4cccc(CN5CCN(C(=O)c6ccc(-c7cc(OC)c(OC)c(OC)c7)cc6)CC5)n4)CC3)cc2)cc(OC)c1OC.Cl.Cl. The van der Waals surface area contributed by atoms with E-state index in [9.17, 15) is 9.59 Å². The van der Waals surface area contributed by atoms with Gasteiger partial charge in [-0.1, -0.05) is 30.3 Å². The van der Waals surface area contributed by atoms with Crippen molar-refractivity contribution in [3.05, 3.63) is 114 Å². The van der Waals surface area contributed by atoms with Crippen LogP contribution in [0.15, 0.2) is 91.0 Å². The first-order chi connectivity index (χ1) is 29.2. The molecule has 1 aromatic heterocycles. The molecule has 0 N–H and O–H groups in total. The van der Waals surface area contributed by atoms with Gasteiger partial charge in [0.1, 0.15) is 0 Å². The molecular formula is C47H55Cl2N5O8. The molecule has 0 bridgehead atoms. The summed E-state index contributed by atoms with van der Waals surface area (Å²) in [6, 6.07) is 29.1. The molecule has 13 nitrogen and oxygen atoms in total. The number of hydrogen-bond acceptors (Lipinski definition) is 11. The van der Waals surface area contributed by atoms with E-state index in [4.69, 9.17) is 33.4 Å². The predicted octanol–water partition coefficient (Wildman–Crippen LogP) is 7.23. The third-order valence-electron chi connectivity index (χ3n) is 11.2. The fourth-order valence-corrected chi connectivity index (χ4v) is 7.85. The van der Waals surface area contributed by atoms with Crippen molar-refractivity contribution in [3.63, 3.8) is 0 Å². The van der Waals surface area contributed by atoms with Crippen molar-refractivity contribution in [2.75, 3.05) is 95.0 Å². The lowest BCUT2D eigenvalue weighted by molar-refractivity contribution is 0.0624. The van der Waals surface area contributed by atoms with Crippen LogP contribution in [0, 0.1) is 0 Å². The number of piperazine rings is 2. The van der Waals surface area contributed by atoms with E-state index in [1.807, 2.05) is 82.6 Å². The second-order valence-electron chi connectivity index (χ2n) is 14.7. The van der Waals surface area contributed by atoms with Gasteiger partial charge in [-0.3, -0.25) is 24.4 Å². The molecule has 62 heavy (non-hydrogen) atoms. The second-order valence-corrected chi connectivity index (χ2v) is 14.7. The largest absolute Gasteiger partial charge is 0.493 e. The summed E-state index contributed by atoms with van der Waals surface area (Å²) < 4.78 is 33.0. The first-order valence-electron chi connectivity index (χ1n) is 20.0. The molecule has 4 aromatic carbocycles. The number of halogens is 2. The Morgan fingerprint density at radius 3 is 1.06 bits per heavy atom. The first-order valence-corrected chi connectivity index (χ1v) is 20.0. The van der Waals surface area contributed by atoms with Gasteiger partial charge in [-0.15, -0.1) is 24.8 Å². The van der Waals surface area contributed by atoms with Crippen LogP contribution >= 0.6 is 24.8 Å². The second kappa shape index (κ2) is 21.9. The van der Waals surface area contributed by atoms with Crippen LogP contribution < -0.4 is 28.4 Å². The Kier molecular flexibility index (Phi) is 16.7. The minimum Gasteiger partial charge on any atom is -0.493 e. The van der Waals surface area contributed by atoms with Gasteiger partial charge in [0, 0.05) is 76.6 Å². The van der Waals surface area contributed by atoms with E-state index in [1.165, 1.54) is 0 Å². The number of rotatable bonds is 14. The summed E-state index contributed by atoms with van der Waals surface area (Å²) in [6.07, 6.45) is 0. The van der Waals surface area contributed by atoms with Gasteiger partial charge in [-0.2, -0.15) is 0 Å². The molecule has 2 aliphatic heterocycles. The molecule has 5 aromatic rings. The molecule has 2 aliphatic rings. The zero-order valence-electron chi connectivity index (χ0n) is 36.0. The molecule has 0 aliphatic carbocycles. The number of amides is 2. The van der Waals surface area contributed by atoms with E-state index in [-0.39, 0.29) is 36.6 Å². The smallest absolute Gasteiger partial charge is 0.253 e. The van der Waals surface area contributed by atoms with Gasteiger partial charge in [0.25, 0.3) is 11.8 Å². The Bertz CT molecular complexity index is 2070. The van der Waals surface area contributed by atoms with Gasteiger partial charge in [0.2, 0.25) is 11.5 Å². The van der Waals surface area contributed by atoms with E-state index in [0.717, 1.165) is 72.9 Å². The number of carbonyl (C=O) groups excluding carboxylic acids is 2. The Morgan fingerprint density at radius 1 is 0.452 bits per heavy atom. The summed E-state index contributed by atoms with van der Waals surface area (Å²) in [4.78, 5) is 40.5. The summed E-state index contributed by atoms with van der Waals surface area (Å²) in [5, 5.41) is 0. The molecule has 0 unspecified atom stereocenters. The Hall–Kier alpha value is -5.73. The van der Waals surface area contributed by atoms with Gasteiger partial charge in [0.15, 0.2) is 23.0 Å². The highest BCUT2D eigenvalue weighted by atomic mass is 35.5. The standard InChI is InChI=1S/C47H53N5O8.2ClH/c1-55-40-26-36(27-41(56-2)44(40)59-5)32-10-14-34(15-11-32)46(53)51-22-18-49(19-23-51)30-38-8-7-9-39(48-38)31-50-20-24-52(25-21-50)47(54)35-16-12-33(13-17-35)37-28-42(57-3)45(60-6)43(29-37)58-4;;/h7-17,26-29H,18-25,30-31H2,1-6H3;2*1H. The first kappa shape index (κ1) is 47.3. The lowest BCUT2D eigenvalue weighted by Gasteiger charge is -2.35. The maximum Gasteiger partial charge on any atom is 0.253 e. The van der Waals surface area contributed by atoms with Crippen LogP contribution in [0.3, 0.4) is 0 Å². The number of carbonyl (C=O) groups is 2. The number of nitrogens with zero attached hydrogens (tertiary/aromatic N) is 5. The number of hydrogen-bond donors (Lipinski definition) is 0. The van der Waals surface area contributed by atoms with Crippen LogP contribution in [0.4, 0.5) is 0 Å². The zero-order chi connectivity index (χ0) is 42.2. The fourth-order valence-electron chi connectivity index (χ4n) is 7.85. The van der Waals surface area contributed by atoms with Crippen LogP contribution in [0.1, 0.15) is 32.1 Å². The van der Waals surface area contributed by atoms with E-state index in [0.29, 0.717) is 71.8 Å². The van der Waals surface area contributed by atoms with E-state index >= 15 is 0 Å². The van der Waals surface area contributed by atoms with Gasteiger partial charge in [-0.05, 0) is 82.9 Å². The lowest BCUT2D eigenvalue weighted by Crippen LogP contribution is -2.48. The molecule has 7 rings (SSSR count). The van der Waals surface area contributed by atoms with Crippen LogP contribution in [-0.4, -0.2) is 131 Å². The van der Waals surface area contributed by atoms with Gasteiger partial charge < -0.3 is 38.2 Å². The van der Waals surface area contributed by atoms with Gasteiger partial charge in [-0.25, -0.2) is 0 Å². The van der Waals surface area contributed by atoms with Crippen molar-refractivity contribution in [3.8, 4) is 56.8 Å². The average molecular weight is 889 g/mol. The van der Waals surface area contributed by atoms with E-state index in [2.05, 4.69) is 28.0 Å². The van der Waals surface area contributed by atoms with Crippen LogP contribution in [0.25, 0.3) is 22.3 Å². The molecule has 3 heterocycles. The van der Waals surface area contributed by atoms with Crippen LogP contribution in [0.5, 0.6) is 34.5 Å². The minimum absolute atomic E-state index is 0. The maximum atomic E-state index is 13.5. The highest BCUT2D eigenvalue weighted by molar-refractivity contribution is 5.95. The molecule has 330 valence electrons. The normalized spacial score (nSPS) is 14.2. The number of pyridine rings is 1. The van der Waals surface area contributed by atoms with Crippen molar-refractivity contribution in [2.24, 2.45) is 0 Å². The van der Waals surface area contributed by atoms with E-state index < -0.39 is 0 Å². The van der Waals surface area contributed by atoms with Crippen molar-refractivity contribution in [2.45, 2.75) is 13.1 Å². The summed E-state index contributed by atoms with van der Waals surface area (Å²) in [5.74, 6) is 3.42. The number of ether oxygens (including phenoxy) is 6. The molecule has 15 heteroatoms. The summed E-state index contributed by atoms with van der Waals surface area (Å²) >= 11 is 0. The lowest BCUT2D eigenvalue weighted by atomic mass is 10.0. The third kappa shape index (κ3) is 10.6. The topological polar surface area (TPSA) is 115 Å². The molecular weight excluding hydrogens is 833 g/mol. The van der Waals surface area contributed by atoms with Crippen molar-refractivity contribution in [1.29, 1.82) is 0 Å². The predicted molar refractivity (Wildman–Crippen MR) is 244 cm³/mol. The monoisotopic (exact) mass is 887 g/mol. The summed E-state index contributed by atoms with van der Waals surface area (Å²) in [7, 11) is 9.53. The molecule has 0 atom stereocenters. The number of benzene rings is 4. The fraction of sp³-hybridized carbons (Fsp3) is 0.340. The highest BCUT2D eigenvalue weighted by Crippen LogP contribution is 2.42. The highest BCUT2D eigenvalue weighted by Gasteiger charge is 2.25.